The van der Waals surface area contributed by atoms with Crippen molar-refractivity contribution in [2.45, 2.75) is 63.8 Å². The molecule has 2 saturated heterocycles. The van der Waals surface area contributed by atoms with E-state index in [2.05, 4.69) is 45.0 Å². The number of fused-ring (bicyclic) bond motifs is 2. The number of aliphatic hydroxyl groups is 1. The Morgan fingerprint density at radius 1 is 1.29 bits per heavy atom. The Balaban J connectivity index is 1.86. The summed E-state index contributed by atoms with van der Waals surface area (Å²) in [5, 5.41) is 10.9. The Morgan fingerprint density at radius 2 is 1.95 bits per heavy atom. The molecule has 1 aromatic rings. The fourth-order valence-corrected chi connectivity index (χ4v) is 3.95. The van der Waals surface area contributed by atoms with Gasteiger partial charge in [0.25, 0.3) is 0 Å². The number of hydrogen-bond acceptors (Lipinski definition) is 3. The van der Waals surface area contributed by atoms with Crippen molar-refractivity contribution < 1.29 is 9.84 Å². The van der Waals surface area contributed by atoms with Gasteiger partial charge in [-0.15, -0.1) is 0 Å². The quantitative estimate of drug-likeness (QED) is 0.899. The summed E-state index contributed by atoms with van der Waals surface area (Å²) in [6.45, 7) is 7.08. The Labute approximate surface area is 127 Å². The van der Waals surface area contributed by atoms with Crippen molar-refractivity contribution >= 4 is 0 Å². The monoisotopic (exact) mass is 289 g/mol. The van der Waals surface area contributed by atoms with E-state index in [1.807, 2.05) is 0 Å². The Hall–Kier alpha value is -0.900. The molecule has 0 saturated carbocycles. The summed E-state index contributed by atoms with van der Waals surface area (Å²) in [7, 11) is 0. The molecular formula is C18H27NO2. The summed E-state index contributed by atoms with van der Waals surface area (Å²) in [5.41, 5.74) is 8.13. The molecule has 116 valence electrons. The van der Waals surface area contributed by atoms with Crippen LogP contribution in [-0.2, 0) is 10.2 Å². The van der Waals surface area contributed by atoms with Gasteiger partial charge in [0.1, 0.15) is 0 Å². The average molecular weight is 289 g/mol. The van der Waals surface area contributed by atoms with Crippen LogP contribution in [0, 0.1) is 5.41 Å². The molecule has 3 N–H and O–H groups in total. The lowest BCUT2D eigenvalue weighted by Crippen LogP contribution is -2.44. The smallest absolute Gasteiger partial charge is 0.0884 e. The van der Waals surface area contributed by atoms with Crippen LogP contribution in [0.15, 0.2) is 24.3 Å². The summed E-state index contributed by atoms with van der Waals surface area (Å²) in [6, 6.07) is 8.34. The van der Waals surface area contributed by atoms with Gasteiger partial charge >= 0.3 is 0 Å². The molecule has 0 aliphatic carbocycles. The molecule has 3 nitrogen and oxygen atoms in total. The van der Waals surface area contributed by atoms with Crippen molar-refractivity contribution in [1.29, 1.82) is 0 Å². The molecule has 0 radical (unpaired) electrons. The van der Waals surface area contributed by atoms with Gasteiger partial charge in [0.05, 0.1) is 18.3 Å². The van der Waals surface area contributed by atoms with Crippen LogP contribution in [0.3, 0.4) is 0 Å². The normalized spacial score (nSPS) is 33.4. The highest BCUT2D eigenvalue weighted by atomic mass is 16.5. The fourth-order valence-electron chi connectivity index (χ4n) is 3.95. The Kier molecular flexibility index (Phi) is 3.63. The zero-order valence-electron chi connectivity index (χ0n) is 13.3. The molecule has 4 unspecified atom stereocenters. The highest BCUT2D eigenvalue weighted by molar-refractivity contribution is 5.30. The molecule has 2 aliphatic rings. The first-order valence-corrected chi connectivity index (χ1v) is 8.01. The van der Waals surface area contributed by atoms with E-state index in [1.54, 1.807) is 0 Å². The number of rotatable bonds is 3. The van der Waals surface area contributed by atoms with Crippen LogP contribution < -0.4 is 5.73 Å². The minimum Gasteiger partial charge on any atom is -0.388 e. The summed E-state index contributed by atoms with van der Waals surface area (Å²) in [6.07, 6.45) is 2.90. The molecule has 3 heteroatoms. The second kappa shape index (κ2) is 5.08. The lowest BCUT2D eigenvalue weighted by molar-refractivity contribution is -0.0264. The van der Waals surface area contributed by atoms with Gasteiger partial charge in [-0.3, -0.25) is 0 Å². The molecule has 21 heavy (non-hydrogen) atoms. The third-order valence-electron chi connectivity index (χ3n) is 5.37. The van der Waals surface area contributed by atoms with Crippen molar-refractivity contribution in [3.05, 3.63) is 35.4 Å². The summed E-state index contributed by atoms with van der Waals surface area (Å²) < 4.78 is 5.96. The molecule has 0 aromatic heterocycles. The van der Waals surface area contributed by atoms with Crippen LogP contribution in [0.2, 0.25) is 0 Å². The van der Waals surface area contributed by atoms with Crippen LogP contribution in [0.1, 0.15) is 57.3 Å². The first-order valence-electron chi connectivity index (χ1n) is 8.01. The lowest BCUT2D eigenvalue weighted by atomic mass is 9.68. The lowest BCUT2D eigenvalue weighted by Gasteiger charge is -2.38. The second-order valence-corrected chi connectivity index (χ2v) is 7.74. The first kappa shape index (κ1) is 15.0. The molecule has 1 aromatic carbocycles. The number of benzene rings is 1. The van der Waals surface area contributed by atoms with Crippen molar-refractivity contribution in [3.8, 4) is 0 Å². The van der Waals surface area contributed by atoms with E-state index in [-0.39, 0.29) is 16.9 Å². The van der Waals surface area contributed by atoms with E-state index in [0.29, 0.717) is 12.6 Å². The van der Waals surface area contributed by atoms with E-state index < -0.39 is 6.10 Å². The first-order chi connectivity index (χ1) is 9.87. The summed E-state index contributed by atoms with van der Waals surface area (Å²) in [4.78, 5) is 0. The van der Waals surface area contributed by atoms with E-state index in [1.165, 1.54) is 5.56 Å². The van der Waals surface area contributed by atoms with Crippen molar-refractivity contribution in [1.82, 2.24) is 0 Å². The zero-order chi connectivity index (χ0) is 15.3. The van der Waals surface area contributed by atoms with Crippen LogP contribution in [0.4, 0.5) is 0 Å². The maximum Gasteiger partial charge on any atom is 0.0884 e. The predicted molar refractivity (Wildman–Crippen MR) is 84.1 cm³/mol. The molecule has 2 bridgehead atoms. The molecule has 4 atom stereocenters. The molecule has 2 fully saturated rings. The molecule has 2 heterocycles. The summed E-state index contributed by atoms with van der Waals surface area (Å²) in [5.74, 6) is 0. The van der Waals surface area contributed by atoms with Crippen molar-refractivity contribution in [3.63, 3.8) is 0 Å². The SMILES string of the molecule is CC(C)(C)c1ccc(C(O)C2(CN)CC3CCC2O3)cc1. The third kappa shape index (κ3) is 2.41. The van der Waals surface area contributed by atoms with E-state index >= 15 is 0 Å². The molecule has 0 spiro atoms. The van der Waals surface area contributed by atoms with Gasteiger partial charge in [-0.2, -0.15) is 0 Å². The number of hydrogen-bond donors (Lipinski definition) is 2. The average Bonchev–Trinajstić information content (AvgIpc) is 3.06. The van der Waals surface area contributed by atoms with Crippen LogP contribution >= 0.6 is 0 Å². The second-order valence-electron chi connectivity index (χ2n) is 7.74. The molecule has 2 aliphatic heterocycles. The van der Waals surface area contributed by atoms with Gasteiger partial charge in [-0.05, 0) is 35.8 Å². The van der Waals surface area contributed by atoms with Gasteiger partial charge in [0.2, 0.25) is 0 Å². The zero-order valence-corrected chi connectivity index (χ0v) is 13.3. The van der Waals surface area contributed by atoms with Gasteiger partial charge in [0, 0.05) is 12.0 Å². The Bertz CT molecular complexity index is 505. The fraction of sp³-hybridized carbons (Fsp3) is 0.667. The Morgan fingerprint density at radius 3 is 2.38 bits per heavy atom. The van der Waals surface area contributed by atoms with Gasteiger partial charge in [-0.25, -0.2) is 0 Å². The van der Waals surface area contributed by atoms with E-state index in [4.69, 9.17) is 10.5 Å². The van der Waals surface area contributed by atoms with Gasteiger partial charge in [-0.1, -0.05) is 45.0 Å². The van der Waals surface area contributed by atoms with Crippen molar-refractivity contribution in [2.24, 2.45) is 11.1 Å². The molecular weight excluding hydrogens is 262 g/mol. The maximum absolute atomic E-state index is 10.9. The van der Waals surface area contributed by atoms with Crippen LogP contribution in [0.25, 0.3) is 0 Å². The standard InChI is InChI=1S/C18H27NO2/c1-17(2,3)13-6-4-12(5-7-13)16(20)18(11-19)10-14-8-9-15(18)21-14/h4-7,14-16,20H,8-11,19H2,1-3H3. The minimum absolute atomic E-state index is 0.116. The van der Waals surface area contributed by atoms with Crippen LogP contribution in [-0.4, -0.2) is 23.9 Å². The molecule has 3 rings (SSSR count). The van der Waals surface area contributed by atoms with Crippen LogP contribution in [0.5, 0.6) is 0 Å². The minimum atomic E-state index is -0.535. The van der Waals surface area contributed by atoms with Crippen molar-refractivity contribution in [2.75, 3.05) is 6.54 Å². The van der Waals surface area contributed by atoms with E-state index in [9.17, 15) is 5.11 Å². The number of aliphatic hydroxyl groups excluding tert-OH is 1. The third-order valence-corrected chi connectivity index (χ3v) is 5.37. The predicted octanol–water partition coefficient (Wildman–Crippen LogP) is 2.91. The highest BCUT2D eigenvalue weighted by Gasteiger charge is 2.55. The van der Waals surface area contributed by atoms with E-state index in [0.717, 1.165) is 24.8 Å². The largest absolute Gasteiger partial charge is 0.388 e. The number of ether oxygens (including phenoxy) is 1. The maximum atomic E-state index is 10.9. The van der Waals surface area contributed by atoms with Gasteiger partial charge in [0.15, 0.2) is 0 Å². The number of nitrogens with two attached hydrogens (primary N) is 1. The van der Waals surface area contributed by atoms with Gasteiger partial charge < -0.3 is 15.6 Å². The summed E-state index contributed by atoms with van der Waals surface area (Å²) >= 11 is 0. The molecule has 0 amide bonds. The topological polar surface area (TPSA) is 55.5 Å². The highest BCUT2D eigenvalue weighted by Crippen LogP contribution is 2.53.